The third kappa shape index (κ3) is 3.89. The summed E-state index contributed by atoms with van der Waals surface area (Å²) in [6.45, 7) is 4.24. The van der Waals surface area contributed by atoms with E-state index in [2.05, 4.69) is 0 Å². The highest BCUT2D eigenvalue weighted by atomic mass is 16.2. The van der Waals surface area contributed by atoms with Gasteiger partial charge in [-0.15, -0.1) is 0 Å². The molecule has 1 unspecified atom stereocenters. The van der Waals surface area contributed by atoms with Gasteiger partial charge >= 0.3 is 0 Å². The van der Waals surface area contributed by atoms with Crippen LogP contribution in [0, 0.1) is 5.92 Å². The van der Waals surface area contributed by atoms with Crippen molar-refractivity contribution in [3.63, 3.8) is 0 Å². The van der Waals surface area contributed by atoms with E-state index in [4.69, 9.17) is 11.5 Å². The van der Waals surface area contributed by atoms with Gasteiger partial charge in [0, 0.05) is 0 Å². The lowest BCUT2D eigenvalue weighted by molar-refractivity contribution is -0.136. The van der Waals surface area contributed by atoms with E-state index in [0.717, 1.165) is 0 Å². The molecule has 15 heavy (non-hydrogen) atoms. The molecule has 0 radical (unpaired) electrons. The smallest absolute Gasteiger partial charge is 0.153 e. The van der Waals surface area contributed by atoms with Gasteiger partial charge in [0.1, 0.15) is 17.5 Å². The van der Waals surface area contributed by atoms with E-state index >= 15 is 0 Å². The molecule has 0 heterocycles. The Kier molecular flexibility index (Phi) is 4.77. The molecule has 5 heteroatoms. The molecule has 0 spiro atoms. The van der Waals surface area contributed by atoms with Crippen molar-refractivity contribution in [3.8, 4) is 0 Å². The van der Waals surface area contributed by atoms with Gasteiger partial charge in [-0.1, -0.05) is 6.92 Å². The quantitative estimate of drug-likeness (QED) is 0.469. The molecule has 0 rings (SSSR count). The summed E-state index contributed by atoms with van der Waals surface area (Å²) in [6, 6.07) is 0. The van der Waals surface area contributed by atoms with Gasteiger partial charge in [-0.25, -0.2) is 0 Å². The van der Waals surface area contributed by atoms with Crippen molar-refractivity contribution in [1.29, 1.82) is 0 Å². The van der Waals surface area contributed by atoms with E-state index in [0.29, 0.717) is 6.42 Å². The summed E-state index contributed by atoms with van der Waals surface area (Å²) in [6.07, 6.45) is 0.00128. The summed E-state index contributed by atoms with van der Waals surface area (Å²) >= 11 is 0. The lowest BCUT2D eigenvalue weighted by atomic mass is 9.83. The Balaban J connectivity index is 4.90. The summed E-state index contributed by atoms with van der Waals surface area (Å²) in [5, 5.41) is 0. The van der Waals surface area contributed by atoms with Gasteiger partial charge in [0.05, 0.1) is 12.1 Å². The molecule has 0 saturated carbocycles. The monoisotopic (exact) mass is 214 g/mol. The first-order valence-corrected chi connectivity index (χ1v) is 4.82. The summed E-state index contributed by atoms with van der Waals surface area (Å²) in [7, 11) is 0. The van der Waals surface area contributed by atoms with Crippen molar-refractivity contribution in [2.45, 2.75) is 39.3 Å². The lowest BCUT2D eigenvalue weighted by Crippen LogP contribution is -2.60. The van der Waals surface area contributed by atoms with Gasteiger partial charge < -0.3 is 11.5 Å². The van der Waals surface area contributed by atoms with Crippen molar-refractivity contribution in [3.05, 3.63) is 0 Å². The topological polar surface area (TPSA) is 103 Å². The fourth-order valence-corrected chi connectivity index (χ4v) is 1.46. The number of rotatable bonds is 6. The number of hydrogen-bond acceptors (Lipinski definition) is 5. The first-order valence-electron chi connectivity index (χ1n) is 4.82. The van der Waals surface area contributed by atoms with Crippen molar-refractivity contribution in [2.24, 2.45) is 17.4 Å². The number of ketones is 3. The van der Waals surface area contributed by atoms with Crippen molar-refractivity contribution in [2.75, 3.05) is 0 Å². The van der Waals surface area contributed by atoms with Gasteiger partial charge in [0.15, 0.2) is 5.78 Å². The fraction of sp³-hybridized carbons (Fsp3) is 0.700. The van der Waals surface area contributed by atoms with Crippen LogP contribution in [0.25, 0.3) is 0 Å². The minimum atomic E-state index is -1.36. The zero-order chi connectivity index (χ0) is 12.2. The molecule has 5 nitrogen and oxygen atoms in total. The van der Waals surface area contributed by atoms with Crippen LogP contribution in [0.15, 0.2) is 0 Å². The van der Waals surface area contributed by atoms with Crippen LogP contribution in [0.3, 0.4) is 0 Å². The molecule has 0 aliphatic rings. The first-order chi connectivity index (χ1) is 6.72. The SMILES string of the molecule is CCC(N)(N)C(C(C)=O)C(=O)CC(C)=O. The highest BCUT2D eigenvalue weighted by Crippen LogP contribution is 2.17. The molecule has 0 amide bonds. The van der Waals surface area contributed by atoms with Crippen molar-refractivity contribution < 1.29 is 14.4 Å². The minimum absolute atomic E-state index is 0.291. The second-order valence-electron chi connectivity index (χ2n) is 3.85. The maximum Gasteiger partial charge on any atom is 0.153 e. The molecule has 4 N–H and O–H groups in total. The van der Waals surface area contributed by atoms with Crippen LogP contribution in [0.2, 0.25) is 0 Å². The van der Waals surface area contributed by atoms with Gasteiger partial charge in [-0.2, -0.15) is 0 Å². The van der Waals surface area contributed by atoms with Crippen LogP contribution in [-0.4, -0.2) is 23.0 Å². The maximum atomic E-state index is 11.6. The van der Waals surface area contributed by atoms with E-state index in [1.54, 1.807) is 6.92 Å². The Bertz CT molecular complexity index is 284. The maximum absolute atomic E-state index is 11.6. The molecule has 0 fully saturated rings. The molecular formula is C10H18N2O3. The number of carbonyl (C=O) groups is 3. The molecule has 0 saturated heterocycles. The Morgan fingerprint density at radius 3 is 1.93 bits per heavy atom. The summed E-state index contributed by atoms with van der Waals surface area (Å²) < 4.78 is 0. The predicted molar refractivity (Wildman–Crippen MR) is 55.9 cm³/mol. The standard InChI is InChI=1S/C10H18N2O3/c1-4-10(11,12)9(7(3)14)8(15)5-6(2)13/h9H,4-5,11-12H2,1-3H3. The number of Topliss-reactive ketones (excluding diaryl/α,β-unsaturated/α-hetero) is 3. The van der Waals surface area contributed by atoms with E-state index in [1.807, 2.05) is 0 Å². The first kappa shape index (κ1) is 13.9. The van der Waals surface area contributed by atoms with Crippen LogP contribution in [-0.2, 0) is 14.4 Å². The normalized spacial score (nSPS) is 13.4. The van der Waals surface area contributed by atoms with E-state index in [-0.39, 0.29) is 12.2 Å². The third-order valence-corrected chi connectivity index (χ3v) is 2.30. The highest BCUT2D eigenvalue weighted by molar-refractivity contribution is 6.09. The number of carbonyl (C=O) groups excluding carboxylic acids is 3. The van der Waals surface area contributed by atoms with Crippen LogP contribution in [0.5, 0.6) is 0 Å². The second kappa shape index (κ2) is 5.14. The molecule has 86 valence electrons. The molecule has 0 bridgehead atoms. The third-order valence-electron chi connectivity index (χ3n) is 2.30. The summed E-state index contributed by atoms with van der Waals surface area (Å²) in [4.78, 5) is 33.7. The van der Waals surface area contributed by atoms with E-state index < -0.39 is 23.1 Å². The Labute approximate surface area is 89.2 Å². The molecule has 1 atom stereocenters. The average molecular weight is 214 g/mol. The van der Waals surface area contributed by atoms with Crippen molar-refractivity contribution >= 4 is 17.3 Å². The summed E-state index contributed by atoms with van der Waals surface area (Å²) in [5.41, 5.74) is 9.96. The van der Waals surface area contributed by atoms with Crippen LogP contribution < -0.4 is 11.5 Å². The van der Waals surface area contributed by atoms with Gasteiger partial charge in [-0.3, -0.25) is 14.4 Å². The Morgan fingerprint density at radius 1 is 1.20 bits per heavy atom. The minimum Gasteiger partial charge on any atom is -0.313 e. The molecule has 0 aromatic carbocycles. The second-order valence-corrected chi connectivity index (χ2v) is 3.85. The molecule has 0 aliphatic carbocycles. The lowest BCUT2D eigenvalue weighted by Gasteiger charge is -2.29. The van der Waals surface area contributed by atoms with Crippen LogP contribution in [0.4, 0.5) is 0 Å². The average Bonchev–Trinajstić information content (AvgIpc) is 2.01. The van der Waals surface area contributed by atoms with Gasteiger partial charge in [0.25, 0.3) is 0 Å². The number of nitrogens with two attached hydrogens (primary N) is 2. The van der Waals surface area contributed by atoms with E-state index in [1.165, 1.54) is 13.8 Å². The number of hydrogen-bond donors (Lipinski definition) is 2. The predicted octanol–water partition coefficient (Wildman–Crippen LogP) is -0.237. The van der Waals surface area contributed by atoms with Gasteiger partial charge in [-0.05, 0) is 20.3 Å². The molecule has 0 aromatic heterocycles. The Hall–Kier alpha value is -1.07. The molecule has 0 aliphatic heterocycles. The Morgan fingerprint density at radius 2 is 1.67 bits per heavy atom. The zero-order valence-electron chi connectivity index (χ0n) is 9.37. The van der Waals surface area contributed by atoms with Crippen molar-refractivity contribution in [1.82, 2.24) is 0 Å². The van der Waals surface area contributed by atoms with E-state index in [9.17, 15) is 14.4 Å². The van der Waals surface area contributed by atoms with Gasteiger partial charge in [0.2, 0.25) is 0 Å². The largest absolute Gasteiger partial charge is 0.313 e. The summed E-state index contributed by atoms with van der Waals surface area (Å²) in [5.74, 6) is -2.28. The van der Waals surface area contributed by atoms with Crippen LogP contribution >= 0.6 is 0 Å². The molecule has 0 aromatic rings. The highest BCUT2D eigenvalue weighted by Gasteiger charge is 2.38. The molecular weight excluding hydrogens is 196 g/mol. The zero-order valence-corrected chi connectivity index (χ0v) is 9.37. The van der Waals surface area contributed by atoms with Crippen LogP contribution in [0.1, 0.15) is 33.6 Å². The fourth-order valence-electron chi connectivity index (χ4n) is 1.46.